The van der Waals surface area contributed by atoms with Crippen LogP contribution in [0.15, 0.2) is 54.6 Å². The predicted octanol–water partition coefficient (Wildman–Crippen LogP) is 3.54. The van der Waals surface area contributed by atoms with Crippen LogP contribution in [0.2, 0.25) is 0 Å². The molecule has 2 aromatic rings. The van der Waals surface area contributed by atoms with Crippen molar-refractivity contribution in [2.45, 2.75) is 6.54 Å². The van der Waals surface area contributed by atoms with Crippen LogP contribution in [0.5, 0.6) is 5.75 Å². The highest BCUT2D eigenvalue weighted by atomic mass is 32.1. The molecule has 0 aliphatic heterocycles. The molecule has 0 bridgehead atoms. The zero-order valence-electron chi connectivity index (χ0n) is 13.5. The van der Waals surface area contributed by atoms with E-state index in [9.17, 15) is 0 Å². The average Bonchev–Trinajstić information content (AvgIpc) is 2.59. The van der Waals surface area contributed by atoms with E-state index in [1.54, 1.807) is 14.2 Å². The minimum atomic E-state index is 0.618. The van der Waals surface area contributed by atoms with E-state index in [0.717, 1.165) is 24.5 Å². The van der Waals surface area contributed by atoms with Gasteiger partial charge in [0.05, 0.1) is 13.7 Å². The third-order valence-corrected chi connectivity index (χ3v) is 3.75. The lowest BCUT2D eigenvalue weighted by molar-refractivity contribution is 0.175. The standard InChI is InChI=1S/C18H22N2O2S/c1-21-12-11-20(14-15-7-4-3-5-8-15)18(23)19-16-9-6-10-17(13-16)22-2/h3-10,13H,11-12,14H2,1-2H3,(H,19,23). The highest BCUT2D eigenvalue weighted by Gasteiger charge is 2.11. The van der Waals surface area contributed by atoms with E-state index in [-0.39, 0.29) is 0 Å². The van der Waals surface area contributed by atoms with E-state index in [2.05, 4.69) is 22.3 Å². The second-order valence-electron chi connectivity index (χ2n) is 5.06. The molecule has 1 N–H and O–H groups in total. The van der Waals surface area contributed by atoms with Crippen molar-refractivity contribution in [2.24, 2.45) is 0 Å². The third kappa shape index (κ3) is 5.54. The van der Waals surface area contributed by atoms with E-state index in [0.29, 0.717) is 11.7 Å². The van der Waals surface area contributed by atoms with Crippen molar-refractivity contribution in [1.82, 2.24) is 4.90 Å². The van der Waals surface area contributed by atoms with E-state index in [4.69, 9.17) is 21.7 Å². The number of anilines is 1. The van der Waals surface area contributed by atoms with Gasteiger partial charge in [0.25, 0.3) is 0 Å². The topological polar surface area (TPSA) is 33.7 Å². The summed E-state index contributed by atoms with van der Waals surface area (Å²) >= 11 is 5.57. The summed E-state index contributed by atoms with van der Waals surface area (Å²) in [6.07, 6.45) is 0. The van der Waals surface area contributed by atoms with Crippen LogP contribution in [0.4, 0.5) is 5.69 Å². The summed E-state index contributed by atoms with van der Waals surface area (Å²) in [5.74, 6) is 0.796. The molecule has 4 nitrogen and oxygen atoms in total. The molecule has 0 spiro atoms. The second kappa shape index (κ2) is 9.12. The van der Waals surface area contributed by atoms with Gasteiger partial charge in [0, 0.05) is 32.0 Å². The predicted molar refractivity (Wildman–Crippen MR) is 97.9 cm³/mol. The van der Waals surface area contributed by atoms with Gasteiger partial charge < -0.3 is 19.7 Å². The first-order chi connectivity index (χ1) is 11.2. The molecular weight excluding hydrogens is 308 g/mol. The van der Waals surface area contributed by atoms with Crippen molar-refractivity contribution in [2.75, 3.05) is 32.7 Å². The molecule has 0 fully saturated rings. The van der Waals surface area contributed by atoms with Gasteiger partial charge in [-0.25, -0.2) is 0 Å². The van der Waals surface area contributed by atoms with Gasteiger partial charge in [-0.3, -0.25) is 0 Å². The monoisotopic (exact) mass is 330 g/mol. The molecule has 0 aliphatic rings. The fraction of sp³-hybridized carbons (Fsp3) is 0.278. The number of nitrogens with zero attached hydrogens (tertiary/aromatic N) is 1. The second-order valence-corrected chi connectivity index (χ2v) is 5.45. The van der Waals surface area contributed by atoms with Crippen LogP contribution in [-0.2, 0) is 11.3 Å². The molecule has 23 heavy (non-hydrogen) atoms. The molecule has 2 rings (SSSR count). The normalized spacial score (nSPS) is 10.2. The van der Waals surface area contributed by atoms with E-state index < -0.39 is 0 Å². The molecule has 0 radical (unpaired) electrons. The maximum atomic E-state index is 5.57. The van der Waals surface area contributed by atoms with Gasteiger partial charge in [-0.15, -0.1) is 0 Å². The van der Waals surface area contributed by atoms with Crippen LogP contribution in [0.3, 0.4) is 0 Å². The minimum Gasteiger partial charge on any atom is -0.497 e. The molecule has 2 aromatic carbocycles. The molecule has 0 saturated carbocycles. The van der Waals surface area contributed by atoms with Crippen molar-refractivity contribution in [1.29, 1.82) is 0 Å². The number of rotatable bonds is 7. The Morgan fingerprint density at radius 3 is 2.57 bits per heavy atom. The van der Waals surface area contributed by atoms with E-state index >= 15 is 0 Å². The van der Waals surface area contributed by atoms with Gasteiger partial charge in [0.15, 0.2) is 5.11 Å². The van der Waals surface area contributed by atoms with Crippen LogP contribution < -0.4 is 10.1 Å². The molecule has 0 heterocycles. The fourth-order valence-electron chi connectivity index (χ4n) is 2.16. The number of nitrogens with one attached hydrogen (secondary N) is 1. The number of methoxy groups -OCH3 is 2. The van der Waals surface area contributed by atoms with Crippen molar-refractivity contribution >= 4 is 23.0 Å². The highest BCUT2D eigenvalue weighted by Crippen LogP contribution is 2.17. The van der Waals surface area contributed by atoms with Crippen molar-refractivity contribution < 1.29 is 9.47 Å². The Balaban J connectivity index is 2.06. The van der Waals surface area contributed by atoms with E-state index in [1.165, 1.54) is 5.56 Å². The first kappa shape index (κ1) is 17.2. The largest absolute Gasteiger partial charge is 0.497 e. The number of hydrogen-bond donors (Lipinski definition) is 1. The zero-order valence-corrected chi connectivity index (χ0v) is 14.3. The number of thiocarbonyl (C=S) groups is 1. The van der Waals surface area contributed by atoms with Crippen molar-refractivity contribution in [3.05, 3.63) is 60.2 Å². The van der Waals surface area contributed by atoms with Gasteiger partial charge in [-0.1, -0.05) is 36.4 Å². The van der Waals surface area contributed by atoms with Crippen LogP contribution >= 0.6 is 12.2 Å². The summed E-state index contributed by atoms with van der Waals surface area (Å²) in [6, 6.07) is 18.0. The molecule has 0 aromatic heterocycles. The number of ether oxygens (including phenoxy) is 2. The Bertz CT molecular complexity index is 619. The Morgan fingerprint density at radius 1 is 1.09 bits per heavy atom. The first-order valence-corrected chi connectivity index (χ1v) is 7.86. The summed E-state index contributed by atoms with van der Waals surface area (Å²) in [5, 5.41) is 3.93. The van der Waals surface area contributed by atoms with Gasteiger partial charge in [-0.2, -0.15) is 0 Å². The average molecular weight is 330 g/mol. The summed E-state index contributed by atoms with van der Waals surface area (Å²) in [7, 11) is 3.34. The molecule has 0 saturated heterocycles. The zero-order chi connectivity index (χ0) is 16.5. The summed E-state index contributed by atoms with van der Waals surface area (Å²) in [5.41, 5.74) is 2.11. The molecule has 0 amide bonds. The summed E-state index contributed by atoms with van der Waals surface area (Å²) in [6.45, 7) is 2.08. The highest BCUT2D eigenvalue weighted by molar-refractivity contribution is 7.80. The minimum absolute atomic E-state index is 0.618. The summed E-state index contributed by atoms with van der Waals surface area (Å²) in [4.78, 5) is 2.09. The lowest BCUT2D eigenvalue weighted by Gasteiger charge is -2.26. The molecule has 0 aliphatic carbocycles. The lowest BCUT2D eigenvalue weighted by atomic mass is 10.2. The summed E-state index contributed by atoms with van der Waals surface area (Å²) < 4.78 is 10.4. The molecule has 5 heteroatoms. The lowest BCUT2D eigenvalue weighted by Crippen LogP contribution is -2.36. The molecular formula is C18H22N2O2S. The molecule has 122 valence electrons. The Kier molecular flexibility index (Phi) is 6.84. The van der Waals surface area contributed by atoms with Crippen LogP contribution in [0, 0.1) is 0 Å². The van der Waals surface area contributed by atoms with Gasteiger partial charge in [0.2, 0.25) is 0 Å². The van der Waals surface area contributed by atoms with Crippen LogP contribution in [-0.4, -0.2) is 37.4 Å². The SMILES string of the molecule is COCCN(Cc1ccccc1)C(=S)Nc1cccc(OC)c1. The van der Waals surface area contributed by atoms with E-state index in [1.807, 2.05) is 42.5 Å². The maximum absolute atomic E-state index is 5.57. The first-order valence-electron chi connectivity index (χ1n) is 7.46. The number of hydrogen-bond acceptors (Lipinski definition) is 3. The van der Waals surface area contributed by atoms with Crippen molar-refractivity contribution in [3.8, 4) is 5.75 Å². The van der Waals surface area contributed by atoms with Gasteiger partial charge in [-0.05, 0) is 29.9 Å². The maximum Gasteiger partial charge on any atom is 0.173 e. The van der Waals surface area contributed by atoms with Crippen molar-refractivity contribution in [3.63, 3.8) is 0 Å². The Morgan fingerprint density at radius 2 is 1.87 bits per heavy atom. The third-order valence-electron chi connectivity index (χ3n) is 3.39. The van der Waals surface area contributed by atoms with Crippen LogP contribution in [0.25, 0.3) is 0 Å². The van der Waals surface area contributed by atoms with Crippen LogP contribution in [0.1, 0.15) is 5.56 Å². The molecule has 0 unspecified atom stereocenters. The molecule has 0 atom stereocenters. The quantitative estimate of drug-likeness (QED) is 0.785. The van der Waals surface area contributed by atoms with Gasteiger partial charge >= 0.3 is 0 Å². The Hall–Kier alpha value is -2.11. The number of benzene rings is 2. The van der Waals surface area contributed by atoms with Gasteiger partial charge in [0.1, 0.15) is 5.75 Å². The fourth-order valence-corrected chi connectivity index (χ4v) is 2.43. The smallest absolute Gasteiger partial charge is 0.173 e. The Labute approximate surface area is 143 Å².